The van der Waals surface area contributed by atoms with Gasteiger partial charge in [0.1, 0.15) is 12.9 Å². The van der Waals surface area contributed by atoms with Crippen LogP contribution in [0.5, 0.6) is 0 Å². The molecule has 20 heavy (non-hydrogen) atoms. The van der Waals surface area contributed by atoms with Crippen LogP contribution >= 0.6 is 0 Å². The van der Waals surface area contributed by atoms with Crippen molar-refractivity contribution in [2.24, 2.45) is 5.92 Å². The number of aldehydes is 1. The van der Waals surface area contributed by atoms with Crippen molar-refractivity contribution >= 4 is 12.3 Å². The van der Waals surface area contributed by atoms with E-state index in [1.165, 1.54) is 6.92 Å². The molecule has 0 aromatic carbocycles. The lowest BCUT2D eigenvalue weighted by atomic mass is 9.94. The van der Waals surface area contributed by atoms with Crippen LogP contribution in [0.15, 0.2) is 24.3 Å². The van der Waals surface area contributed by atoms with Gasteiger partial charge in [-0.15, -0.1) is 0 Å². The normalized spacial score (nSPS) is 23.1. The summed E-state index contributed by atoms with van der Waals surface area (Å²) in [6.45, 7) is 7.75. The van der Waals surface area contributed by atoms with Gasteiger partial charge in [0, 0.05) is 13.3 Å². The van der Waals surface area contributed by atoms with Gasteiger partial charge in [-0.05, 0) is 30.8 Å². The van der Waals surface area contributed by atoms with Crippen LogP contribution in [0.25, 0.3) is 0 Å². The van der Waals surface area contributed by atoms with Gasteiger partial charge in [-0.3, -0.25) is 4.79 Å². The SMILES string of the molecule is C=C(COC(C)=O)C[C@H](C)C[C@@H]1CC=C[C@@H](CC=O)O1. The highest BCUT2D eigenvalue weighted by molar-refractivity contribution is 5.66. The van der Waals surface area contributed by atoms with Crippen LogP contribution in [0.4, 0.5) is 0 Å². The molecule has 0 amide bonds. The molecule has 0 saturated heterocycles. The Morgan fingerprint density at radius 1 is 1.60 bits per heavy atom. The molecular formula is C16H24O4. The highest BCUT2D eigenvalue weighted by Crippen LogP contribution is 2.23. The minimum absolute atomic E-state index is 0.0808. The predicted octanol–water partition coefficient (Wildman–Crippen LogP) is 2.82. The van der Waals surface area contributed by atoms with E-state index in [2.05, 4.69) is 19.6 Å². The molecule has 1 aliphatic rings. The third-order valence-corrected chi connectivity index (χ3v) is 3.23. The number of carbonyl (C=O) groups excluding carboxylic acids is 2. The lowest BCUT2D eigenvalue weighted by Crippen LogP contribution is -2.26. The molecule has 0 radical (unpaired) electrons. The van der Waals surface area contributed by atoms with Gasteiger partial charge in [-0.1, -0.05) is 25.7 Å². The molecule has 0 fully saturated rings. The topological polar surface area (TPSA) is 52.6 Å². The molecule has 0 N–H and O–H groups in total. The Bertz CT molecular complexity index is 373. The minimum atomic E-state index is -0.281. The van der Waals surface area contributed by atoms with E-state index >= 15 is 0 Å². The molecule has 0 aromatic heterocycles. The van der Waals surface area contributed by atoms with E-state index in [4.69, 9.17) is 9.47 Å². The first-order chi connectivity index (χ1) is 9.51. The second kappa shape index (κ2) is 8.69. The molecule has 4 nitrogen and oxygen atoms in total. The predicted molar refractivity (Wildman–Crippen MR) is 77.3 cm³/mol. The van der Waals surface area contributed by atoms with Gasteiger partial charge in [0.2, 0.25) is 0 Å². The third kappa shape index (κ3) is 6.66. The molecule has 0 spiro atoms. The summed E-state index contributed by atoms with van der Waals surface area (Å²) in [5.74, 6) is 0.127. The summed E-state index contributed by atoms with van der Waals surface area (Å²) >= 11 is 0. The zero-order chi connectivity index (χ0) is 15.0. The van der Waals surface area contributed by atoms with E-state index < -0.39 is 0 Å². The first-order valence-corrected chi connectivity index (χ1v) is 7.07. The van der Waals surface area contributed by atoms with Gasteiger partial charge in [-0.2, -0.15) is 0 Å². The molecule has 112 valence electrons. The molecule has 3 atom stereocenters. The Morgan fingerprint density at radius 2 is 2.35 bits per heavy atom. The molecule has 0 unspecified atom stereocenters. The highest BCUT2D eigenvalue weighted by atomic mass is 16.5. The average Bonchev–Trinajstić information content (AvgIpc) is 2.37. The van der Waals surface area contributed by atoms with Gasteiger partial charge in [0.05, 0.1) is 12.2 Å². The molecule has 1 rings (SSSR count). The fraction of sp³-hybridized carbons (Fsp3) is 0.625. The Kier molecular flexibility index (Phi) is 7.23. The largest absolute Gasteiger partial charge is 0.461 e. The average molecular weight is 280 g/mol. The van der Waals surface area contributed by atoms with Gasteiger partial charge < -0.3 is 14.3 Å². The summed E-state index contributed by atoms with van der Waals surface area (Å²) in [5.41, 5.74) is 0.920. The van der Waals surface area contributed by atoms with Crippen molar-refractivity contribution in [3.05, 3.63) is 24.3 Å². The number of ether oxygens (including phenoxy) is 2. The van der Waals surface area contributed by atoms with Crippen molar-refractivity contribution in [3.63, 3.8) is 0 Å². The Labute approximate surface area is 120 Å². The molecule has 0 bridgehead atoms. The molecule has 1 heterocycles. The summed E-state index contributed by atoms with van der Waals surface area (Å²) in [7, 11) is 0. The second-order valence-corrected chi connectivity index (χ2v) is 5.44. The van der Waals surface area contributed by atoms with Crippen LogP contribution in [0.3, 0.4) is 0 Å². The summed E-state index contributed by atoms with van der Waals surface area (Å²) in [6, 6.07) is 0. The zero-order valence-electron chi connectivity index (χ0n) is 12.3. The Morgan fingerprint density at radius 3 is 3.00 bits per heavy atom. The van der Waals surface area contributed by atoms with E-state index in [0.717, 1.165) is 31.1 Å². The maximum Gasteiger partial charge on any atom is 0.302 e. The van der Waals surface area contributed by atoms with Crippen LogP contribution in [0, 0.1) is 5.92 Å². The van der Waals surface area contributed by atoms with Crippen molar-refractivity contribution in [2.45, 2.75) is 51.7 Å². The highest BCUT2D eigenvalue weighted by Gasteiger charge is 2.20. The number of hydrogen-bond donors (Lipinski definition) is 0. The summed E-state index contributed by atoms with van der Waals surface area (Å²) in [5, 5.41) is 0. The fourth-order valence-corrected chi connectivity index (χ4v) is 2.40. The van der Waals surface area contributed by atoms with Crippen molar-refractivity contribution in [2.75, 3.05) is 6.61 Å². The van der Waals surface area contributed by atoms with Crippen molar-refractivity contribution in [3.8, 4) is 0 Å². The molecule has 0 aromatic rings. The molecule has 4 heteroatoms. The summed E-state index contributed by atoms with van der Waals surface area (Å²) < 4.78 is 10.8. The van der Waals surface area contributed by atoms with Crippen LogP contribution in [-0.2, 0) is 19.1 Å². The van der Waals surface area contributed by atoms with Gasteiger partial charge >= 0.3 is 5.97 Å². The first-order valence-electron chi connectivity index (χ1n) is 7.07. The summed E-state index contributed by atoms with van der Waals surface area (Å²) in [4.78, 5) is 21.2. The minimum Gasteiger partial charge on any atom is -0.461 e. The van der Waals surface area contributed by atoms with E-state index in [9.17, 15) is 9.59 Å². The van der Waals surface area contributed by atoms with Crippen LogP contribution in [0.1, 0.15) is 39.5 Å². The first kappa shape index (κ1) is 16.6. The monoisotopic (exact) mass is 280 g/mol. The molecule has 1 aliphatic heterocycles. The number of esters is 1. The van der Waals surface area contributed by atoms with E-state index in [-0.39, 0.29) is 18.2 Å². The maximum absolute atomic E-state index is 10.7. The Balaban J connectivity index is 2.29. The molecule has 0 aliphatic carbocycles. The van der Waals surface area contributed by atoms with Crippen LogP contribution in [0.2, 0.25) is 0 Å². The third-order valence-electron chi connectivity index (χ3n) is 3.23. The van der Waals surface area contributed by atoms with Crippen molar-refractivity contribution in [1.82, 2.24) is 0 Å². The smallest absolute Gasteiger partial charge is 0.302 e. The second-order valence-electron chi connectivity index (χ2n) is 5.44. The zero-order valence-corrected chi connectivity index (χ0v) is 12.3. The van der Waals surface area contributed by atoms with Gasteiger partial charge in [0.25, 0.3) is 0 Å². The quantitative estimate of drug-likeness (QED) is 0.390. The Hall–Kier alpha value is -1.42. The van der Waals surface area contributed by atoms with E-state index in [1.54, 1.807) is 0 Å². The lowest BCUT2D eigenvalue weighted by molar-refractivity contribution is -0.140. The van der Waals surface area contributed by atoms with Crippen molar-refractivity contribution in [1.29, 1.82) is 0 Å². The molecule has 0 saturated carbocycles. The number of hydrogen-bond acceptors (Lipinski definition) is 4. The van der Waals surface area contributed by atoms with E-state index in [0.29, 0.717) is 18.9 Å². The number of rotatable bonds is 8. The van der Waals surface area contributed by atoms with Crippen LogP contribution in [-0.4, -0.2) is 31.1 Å². The fourth-order valence-electron chi connectivity index (χ4n) is 2.40. The van der Waals surface area contributed by atoms with Gasteiger partial charge in [0.15, 0.2) is 0 Å². The van der Waals surface area contributed by atoms with E-state index in [1.807, 2.05) is 6.08 Å². The standard InChI is InChI=1S/C16H24O4/c1-12(9-13(2)11-19-14(3)18)10-16-6-4-5-15(20-16)7-8-17/h4-5,8,12,15-16H,2,6-7,9-11H2,1,3H3/t12-,15-,16-/m0/s1. The number of carbonyl (C=O) groups is 2. The van der Waals surface area contributed by atoms with Gasteiger partial charge in [-0.25, -0.2) is 0 Å². The summed E-state index contributed by atoms with van der Waals surface area (Å²) in [6.07, 6.45) is 8.04. The van der Waals surface area contributed by atoms with Crippen LogP contribution < -0.4 is 0 Å². The molecular weight excluding hydrogens is 256 g/mol. The lowest BCUT2D eigenvalue weighted by Gasteiger charge is -2.27. The van der Waals surface area contributed by atoms with Crippen molar-refractivity contribution < 1.29 is 19.1 Å². The maximum atomic E-state index is 10.7.